The van der Waals surface area contributed by atoms with Gasteiger partial charge in [-0.2, -0.15) is 0 Å². The predicted octanol–water partition coefficient (Wildman–Crippen LogP) is 3.33. The molecule has 0 bridgehead atoms. The van der Waals surface area contributed by atoms with Crippen molar-refractivity contribution in [3.05, 3.63) is 106 Å². The third kappa shape index (κ3) is 5.51. The van der Waals surface area contributed by atoms with E-state index < -0.39 is 17.5 Å². The predicted molar refractivity (Wildman–Crippen MR) is 145 cm³/mol. The Labute approximate surface area is 213 Å². The van der Waals surface area contributed by atoms with Crippen LogP contribution in [0.2, 0.25) is 0 Å². The van der Waals surface area contributed by atoms with Crippen LogP contribution in [0.25, 0.3) is 11.0 Å². The number of ketones is 1. The van der Waals surface area contributed by atoms with Gasteiger partial charge in [0, 0.05) is 23.2 Å². The monoisotopic (exact) mass is 497 g/mol. The molecule has 188 valence electrons. The van der Waals surface area contributed by atoms with E-state index in [9.17, 15) is 14.4 Å². The second-order valence-electron chi connectivity index (χ2n) is 8.38. The first-order valence-electron chi connectivity index (χ1n) is 11.7. The number of guanidine groups is 1. The molecule has 0 aliphatic carbocycles. The molecule has 1 atom stereocenters. The van der Waals surface area contributed by atoms with Gasteiger partial charge >= 0.3 is 5.63 Å². The Hall–Kier alpha value is -4.92. The Bertz CT molecular complexity index is 1500. The van der Waals surface area contributed by atoms with Gasteiger partial charge < -0.3 is 21.6 Å². The van der Waals surface area contributed by atoms with Gasteiger partial charge in [0.25, 0.3) is 5.91 Å². The van der Waals surface area contributed by atoms with Crippen LogP contribution in [0.1, 0.15) is 33.6 Å². The van der Waals surface area contributed by atoms with Crippen molar-refractivity contribution in [3.63, 3.8) is 0 Å². The van der Waals surface area contributed by atoms with Crippen molar-refractivity contribution in [1.82, 2.24) is 0 Å². The minimum Gasteiger partial charge on any atom is -0.421 e. The van der Waals surface area contributed by atoms with E-state index in [-0.39, 0.29) is 41.7 Å². The Morgan fingerprint density at radius 3 is 2.19 bits per heavy atom. The van der Waals surface area contributed by atoms with Gasteiger partial charge in [0.05, 0.1) is 5.56 Å². The molecule has 0 fully saturated rings. The summed E-state index contributed by atoms with van der Waals surface area (Å²) in [5, 5.41) is 0.388. The fourth-order valence-electron chi connectivity index (χ4n) is 4.21. The molecular formula is C28H27N5O4. The summed E-state index contributed by atoms with van der Waals surface area (Å²) in [6, 6.07) is 23.2. The van der Waals surface area contributed by atoms with E-state index in [1.54, 1.807) is 78.9 Å². The highest BCUT2D eigenvalue weighted by Crippen LogP contribution is 2.29. The average molecular weight is 498 g/mol. The Kier molecular flexibility index (Phi) is 7.63. The molecule has 0 radical (unpaired) electrons. The topological polar surface area (TPSA) is 158 Å². The number of nitrogen functional groups attached to an aromatic ring is 1. The van der Waals surface area contributed by atoms with Gasteiger partial charge in [-0.05, 0) is 43.2 Å². The number of carbonyl (C=O) groups excluding carboxylic acids is 2. The molecule has 37 heavy (non-hydrogen) atoms. The lowest BCUT2D eigenvalue weighted by Gasteiger charge is -2.31. The molecule has 1 heterocycles. The fourth-order valence-corrected chi connectivity index (χ4v) is 4.21. The molecule has 0 unspecified atom stereocenters. The van der Waals surface area contributed by atoms with Gasteiger partial charge in [-0.1, -0.05) is 54.6 Å². The zero-order valence-corrected chi connectivity index (χ0v) is 20.0. The van der Waals surface area contributed by atoms with E-state index in [4.69, 9.17) is 21.6 Å². The molecule has 3 aromatic carbocycles. The van der Waals surface area contributed by atoms with Crippen LogP contribution in [-0.4, -0.2) is 30.2 Å². The normalized spacial score (nSPS) is 11.6. The lowest BCUT2D eigenvalue weighted by atomic mass is 9.94. The molecule has 0 aliphatic rings. The summed E-state index contributed by atoms with van der Waals surface area (Å²) in [6.45, 7) is 0.251. The summed E-state index contributed by atoms with van der Waals surface area (Å²) >= 11 is 0. The van der Waals surface area contributed by atoms with Crippen LogP contribution in [0.5, 0.6) is 0 Å². The van der Waals surface area contributed by atoms with Crippen molar-refractivity contribution < 1.29 is 14.0 Å². The number of para-hydroxylation sites is 2. The van der Waals surface area contributed by atoms with E-state index in [1.807, 2.05) is 6.07 Å². The molecule has 0 saturated heterocycles. The number of carbonyl (C=O) groups is 2. The summed E-state index contributed by atoms with van der Waals surface area (Å²) in [6.07, 6.45) is 0.593. The lowest BCUT2D eigenvalue weighted by molar-refractivity contribution is 0.0893. The molecule has 9 nitrogen and oxygen atoms in total. The largest absolute Gasteiger partial charge is 0.421 e. The Balaban J connectivity index is 1.88. The third-order valence-corrected chi connectivity index (χ3v) is 5.91. The molecule has 0 spiro atoms. The highest BCUT2D eigenvalue weighted by molar-refractivity contribution is 6.18. The maximum atomic E-state index is 14.3. The Morgan fingerprint density at radius 1 is 0.892 bits per heavy atom. The van der Waals surface area contributed by atoms with E-state index >= 15 is 0 Å². The first-order chi connectivity index (χ1) is 17.9. The first-order valence-corrected chi connectivity index (χ1v) is 11.7. The maximum Gasteiger partial charge on any atom is 0.360 e. The molecule has 1 aromatic heterocycles. The number of fused-ring (bicyclic) bond motifs is 1. The minimum absolute atomic E-state index is 0.0143. The molecule has 1 amide bonds. The molecule has 0 aliphatic heterocycles. The Morgan fingerprint density at radius 2 is 1.51 bits per heavy atom. The quantitative estimate of drug-likeness (QED) is 0.105. The average Bonchev–Trinajstić information content (AvgIpc) is 2.91. The van der Waals surface area contributed by atoms with Crippen molar-refractivity contribution >= 4 is 40.0 Å². The summed E-state index contributed by atoms with van der Waals surface area (Å²) in [5.41, 5.74) is 17.1. The van der Waals surface area contributed by atoms with Crippen molar-refractivity contribution in [2.45, 2.75) is 18.9 Å². The van der Waals surface area contributed by atoms with Crippen LogP contribution in [-0.2, 0) is 0 Å². The number of rotatable bonds is 9. The summed E-state index contributed by atoms with van der Waals surface area (Å²) in [5.74, 6) is -0.934. The maximum absolute atomic E-state index is 14.3. The lowest BCUT2D eigenvalue weighted by Crippen LogP contribution is -2.46. The summed E-state index contributed by atoms with van der Waals surface area (Å²) in [7, 11) is 0. The van der Waals surface area contributed by atoms with Gasteiger partial charge in [-0.3, -0.25) is 19.5 Å². The van der Waals surface area contributed by atoms with E-state index in [0.717, 1.165) is 0 Å². The fraction of sp³-hybridized carbons (Fsp3) is 0.143. The number of benzene rings is 3. The number of Topliss-reactive ketones (excluding diaryl/α,β-unsaturated/α-hetero) is 1. The second kappa shape index (κ2) is 11.2. The summed E-state index contributed by atoms with van der Waals surface area (Å²) in [4.78, 5) is 46.1. The number of amides is 1. The molecular weight excluding hydrogens is 470 g/mol. The number of hydrogen-bond acceptors (Lipinski definition) is 6. The third-order valence-electron chi connectivity index (χ3n) is 5.91. The van der Waals surface area contributed by atoms with Crippen LogP contribution >= 0.6 is 0 Å². The van der Waals surface area contributed by atoms with Crippen molar-refractivity contribution in [2.24, 2.45) is 16.5 Å². The van der Waals surface area contributed by atoms with Gasteiger partial charge in [0.15, 0.2) is 11.7 Å². The number of nitrogens with two attached hydrogens (primary N) is 3. The van der Waals surface area contributed by atoms with Gasteiger partial charge in [0.2, 0.25) is 0 Å². The SMILES string of the molecule is NC(N)=NCCC[C@@H](C(=O)c1c(N)c(=O)oc2ccccc12)N(C(=O)c1ccccc1)c1ccccc1. The van der Waals surface area contributed by atoms with Gasteiger partial charge in [0.1, 0.15) is 17.3 Å². The van der Waals surface area contributed by atoms with Crippen molar-refractivity contribution in [1.29, 1.82) is 0 Å². The van der Waals surface area contributed by atoms with Crippen LogP contribution in [0.3, 0.4) is 0 Å². The van der Waals surface area contributed by atoms with E-state index in [1.165, 1.54) is 4.90 Å². The highest BCUT2D eigenvalue weighted by Gasteiger charge is 2.34. The smallest absolute Gasteiger partial charge is 0.360 e. The van der Waals surface area contributed by atoms with E-state index in [2.05, 4.69) is 4.99 Å². The number of aliphatic imine (C=N–C) groups is 1. The zero-order chi connectivity index (χ0) is 26.4. The number of hydrogen-bond donors (Lipinski definition) is 3. The molecule has 4 rings (SSSR count). The second-order valence-corrected chi connectivity index (χ2v) is 8.38. The van der Waals surface area contributed by atoms with E-state index in [0.29, 0.717) is 23.1 Å². The van der Waals surface area contributed by atoms with Crippen molar-refractivity contribution in [2.75, 3.05) is 17.2 Å². The molecule has 0 saturated carbocycles. The van der Waals surface area contributed by atoms with Crippen LogP contribution in [0.4, 0.5) is 11.4 Å². The van der Waals surface area contributed by atoms with Gasteiger partial charge in [-0.15, -0.1) is 0 Å². The molecule has 4 aromatic rings. The number of anilines is 2. The van der Waals surface area contributed by atoms with Crippen molar-refractivity contribution in [3.8, 4) is 0 Å². The van der Waals surface area contributed by atoms with Crippen LogP contribution < -0.4 is 27.7 Å². The molecule has 6 N–H and O–H groups in total. The highest BCUT2D eigenvalue weighted by atomic mass is 16.4. The standard InChI is InChI=1S/C28H27N5O4/c29-24-23(20-14-7-8-16-22(20)37-27(24)36)25(34)21(15-9-17-32-28(30)31)33(19-12-5-2-6-13-19)26(35)18-10-3-1-4-11-18/h1-8,10-14,16,21H,9,15,17,29H2,(H4,30,31,32)/t21-/m0/s1. The van der Waals surface area contributed by atoms with Crippen LogP contribution in [0.15, 0.2) is 99.1 Å². The number of nitrogens with zero attached hydrogens (tertiary/aromatic N) is 2. The summed E-state index contributed by atoms with van der Waals surface area (Å²) < 4.78 is 5.29. The van der Waals surface area contributed by atoms with Crippen LogP contribution in [0, 0.1) is 0 Å². The first kappa shape index (κ1) is 25.2. The molecule has 9 heteroatoms. The minimum atomic E-state index is -1.02. The van der Waals surface area contributed by atoms with Gasteiger partial charge in [-0.25, -0.2) is 4.79 Å². The zero-order valence-electron chi connectivity index (χ0n) is 20.0.